The summed E-state index contributed by atoms with van der Waals surface area (Å²) in [6, 6.07) is 26.7. The van der Waals surface area contributed by atoms with E-state index in [1.54, 1.807) is 24.3 Å². The second-order valence-corrected chi connectivity index (χ2v) is 9.18. The highest BCUT2D eigenvalue weighted by molar-refractivity contribution is 7.99. The number of benzene rings is 3. The molecular weight excluding hydrogens is 484 g/mol. The number of primary amides is 1. The van der Waals surface area contributed by atoms with Gasteiger partial charge in [-0.3, -0.25) is 9.59 Å². The van der Waals surface area contributed by atoms with Crippen LogP contribution in [0.3, 0.4) is 0 Å². The molecule has 3 N–H and O–H groups in total. The molecule has 0 aliphatic heterocycles. The van der Waals surface area contributed by atoms with Crippen molar-refractivity contribution < 1.29 is 9.59 Å². The lowest BCUT2D eigenvalue weighted by molar-refractivity contribution is -0.113. The molecule has 9 heteroatoms. The Balaban J connectivity index is 1.44. The van der Waals surface area contributed by atoms with Crippen molar-refractivity contribution in [2.75, 3.05) is 11.1 Å². The number of rotatable bonds is 8. The third-order valence-electron chi connectivity index (χ3n) is 5.86. The van der Waals surface area contributed by atoms with Crippen LogP contribution in [-0.2, 0) is 11.3 Å². The zero-order valence-electron chi connectivity index (χ0n) is 20.1. The zero-order chi connectivity index (χ0) is 25.8. The lowest BCUT2D eigenvalue weighted by Crippen LogP contribution is -2.19. The van der Waals surface area contributed by atoms with Gasteiger partial charge in [0.1, 0.15) is 0 Å². The van der Waals surface area contributed by atoms with E-state index in [-0.39, 0.29) is 17.2 Å². The lowest BCUT2D eigenvalue weighted by atomic mass is 10.0. The molecular formula is C28H24N6O2S. The molecule has 2 heterocycles. The standard InChI is InChI=1S/C28H24N6O2S/c1-2-34-27(21-16-24(18-10-4-3-5-11-18)30-22-14-8-6-12-19(21)22)32-33-28(34)37-17-25(35)31-23-15-9-7-13-20(23)26(29)36/h3-16H,2,17H2,1H3,(H2,29,36)(H,31,35). The summed E-state index contributed by atoms with van der Waals surface area (Å²) < 4.78 is 1.99. The van der Waals surface area contributed by atoms with Crippen LogP contribution in [0.5, 0.6) is 0 Å². The Bertz CT molecular complexity index is 1600. The topological polar surface area (TPSA) is 116 Å². The largest absolute Gasteiger partial charge is 0.366 e. The van der Waals surface area contributed by atoms with Gasteiger partial charge in [0.2, 0.25) is 5.91 Å². The van der Waals surface area contributed by atoms with Gasteiger partial charge < -0.3 is 15.6 Å². The van der Waals surface area contributed by atoms with Crippen LogP contribution in [-0.4, -0.2) is 37.3 Å². The van der Waals surface area contributed by atoms with E-state index >= 15 is 0 Å². The molecule has 0 radical (unpaired) electrons. The number of fused-ring (bicyclic) bond motifs is 1. The second kappa shape index (κ2) is 10.6. The van der Waals surface area contributed by atoms with Crippen molar-refractivity contribution >= 4 is 40.2 Å². The highest BCUT2D eigenvalue weighted by atomic mass is 32.2. The highest BCUT2D eigenvalue weighted by Gasteiger charge is 2.19. The predicted molar refractivity (Wildman–Crippen MR) is 146 cm³/mol. The van der Waals surface area contributed by atoms with Crippen LogP contribution >= 0.6 is 11.8 Å². The van der Waals surface area contributed by atoms with Crippen LogP contribution in [0, 0.1) is 0 Å². The number of thioether (sulfide) groups is 1. The number of carbonyl (C=O) groups is 2. The molecule has 0 aliphatic rings. The van der Waals surface area contributed by atoms with E-state index in [9.17, 15) is 9.59 Å². The van der Waals surface area contributed by atoms with Crippen molar-refractivity contribution in [3.05, 3.63) is 90.5 Å². The fourth-order valence-electron chi connectivity index (χ4n) is 4.12. The van der Waals surface area contributed by atoms with Gasteiger partial charge in [-0.05, 0) is 31.2 Å². The number of hydrogen-bond acceptors (Lipinski definition) is 6. The van der Waals surface area contributed by atoms with E-state index in [4.69, 9.17) is 10.7 Å². The Morgan fingerprint density at radius 1 is 0.946 bits per heavy atom. The number of pyridine rings is 1. The van der Waals surface area contributed by atoms with Crippen LogP contribution in [0.4, 0.5) is 5.69 Å². The molecule has 5 rings (SSSR count). The van der Waals surface area contributed by atoms with Crippen molar-refractivity contribution in [1.29, 1.82) is 0 Å². The van der Waals surface area contributed by atoms with E-state index < -0.39 is 5.91 Å². The fraction of sp³-hybridized carbons (Fsp3) is 0.107. The molecule has 0 unspecified atom stereocenters. The first-order valence-electron chi connectivity index (χ1n) is 11.8. The van der Waals surface area contributed by atoms with E-state index in [2.05, 4.69) is 15.5 Å². The molecule has 0 saturated carbocycles. The third kappa shape index (κ3) is 5.07. The summed E-state index contributed by atoms with van der Waals surface area (Å²) in [5, 5.41) is 13.3. The molecule has 0 bridgehead atoms. The van der Waals surface area contributed by atoms with Crippen LogP contribution in [0.25, 0.3) is 33.5 Å². The van der Waals surface area contributed by atoms with Crippen molar-refractivity contribution in [3.8, 4) is 22.6 Å². The monoisotopic (exact) mass is 508 g/mol. The molecule has 0 atom stereocenters. The van der Waals surface area contributed by atoms with Gasteiger partial charge in [0.15, 0.2) is 11.0 Å². The van der Waals surface area contributed by atoms with Crippen LogP contribution in [0.15, 0.2) is 90.1 Å². The molecule has 0 aliphatic carbocycles. The number of amides is 2. The van der Waals surface area contributed by atoms with Crippen LogP contribution in [0.1, 0.15) is 17.3 Å². The average Bonchev–Trinajstić information content (AvgIpc) is 3.34. The van der Waals surface area contributed by atoms with E-state index in [0.717, 1.165) is 27.7 Å². The highest BCUT2D eigenvalue weighted by Crippen LogP contribution is 2.33. The van der Waals surface area contributed by atoms with Gasteiger partial charge >= 0.3 is 0 Å². The van der Waals surface area contributed by atoms with Crippen molar-refractivity contribution in [2.45, 2.75) is 18.6 Å². The Morgan fingerprint density at radius 3 is 2.46 bits per heavy atom. The van der Waals surface area contributed by atoms with E-state index in [0.29, 0.717) is 23.2 Å². The van der Waals surface area contributed by atoms with Gasteiger partial charge in [0, 0.05) is 23.1 Å². The molecule has 0 spiro atoms. The van der Waals surface area contributed by atoms with Gasteiger partial charge in [-0.15, -0.1) is 10.2 Å². The number of hydrogen-bond donors (Lipinski definition) is 2. The van der Waals surface area contributed by atoms with Crippen LogP contribution in [0.2, 0.25) is 0 Å². The van der Waals surface area contributed by atoms with Crippen molar-refractivity contribution in [1.82, 2.24) is 19.7 Å². The van der Waals surface area contributed by atoms with Gasteiger partial charge in [-0.25, -0.2) is 4.98 Å². The van der Waals surface area contributed by atoms with Crippen LogP contribution < -0.4 is 11.1 Å². The molecule has 37 heavy (non-hydrogen) atoms. The first-order valence-corrected chi connectivity index (χ1v) is 12.7. The average molecular weight is 509 g/mol. The molecule has 184 valence electrons. The fourth-order valence-corrected chi connectivity index (χ4v) is 4.92. The summed E-state index contributed by atoms with van der Waals surface area (Å²) in [6.07, 6.45) is 0. The molecule has 0 fully saturated rings. The number of nitrogens with two attached hydrogens (primary N) is 1. The van der Waals surface area contributed by atoms with Gasteiger partial charge in [0.05, 0.1) is 28.2 Å². The summed E-state index contributed by atoms with van der Waals surface area (Å²) in [5.41, 5.74) is 9.71. The zero-order valence-corrected chi connectivity index (χ0v) is 20.9. The maximum atomic E-state index is 12.7. The molecule has 0 saturated heterocycles. The summed E-state index contributed by atoms with van der Waals surface area (Å²) in [5.74, 6) is -0.0670. The molecule has 2 aromatic heterocycles. The van der Waals surface area contributed by atoms with Gasteiger partial charge in [-0.2, -0.15) is 0 Å². The summed E-state index contributed by atoms with van der Waals surface area (Å²) >= 11 is 1.28. The molecule has 5 aromatic rings. The minimum absolute atomic E-state index is 0.0948. The second-order valence-electron chi connectivity index (χ2n) is 8.24. The Hall–Kier alpha value is -4.50. The molecule has 8 nitrogen and oxygen atoms in total. The third-order valence-corrected chi connectivity index (χ3v) is 6.83. The number of carbonyl (C=O) groups excluding carboxylic acids is 2. The Labute approximate surface area is 217 Å². The lowest BCUT2D eigenvalue weighted by Gasteiger charge is -2.12. The smallest absolute Gasteiger partial charge is 0.250 e. The number of para-hydroxylation sites is 2. The Morgan fingerprint density at radius 2 is 1.68 bits per heavy atom. The summed E-state index contributed by atoms with van der Waals surface area (Å²) in [6.45, 7) is 2.63. The van der Waals surface area contributed by atoms with Crippen molar-refractivity contribution in [3.63, 3.8) is 0 Å². The maximum absolute atomic E-state index is 12.7. The quantitative estimate of drug-likeness (QED) is 0.285. The number of nitrogens with zero attached hydrogens (tertiary/aromatic N) is 4. The normalized spacial score (nSPS) is 10.9. The maximum Gasteiger partial charge on any atom is 0.250 e. The molecule has 3 aromatic carbocycles. The number of aromatic nitrogens is 4. The molecule has 2 amide bonds. The van der Waals surface area contributed by atoms with E-state index in [1.165, 1.54) is 11.8 Å². The van der Waals surface area contributed by atoms with E-state index in [1.807, 2.05) is 72.2 Å². The minimum Gasteiger partial charge on any atom is -0.366 e. The summed E-state index contributed by atoms with van der Waals surface area (Å²) in [4.78, 5) is 29.2. The predicted octanol–water partition coefficient (Wildman–Crippen LogP) is 5.01. The number of anilines is 1. The first kappa shape index (κ1) is 24.2. The first-order chi connectivity index (χ1) is 18.0. The Kier molecular flexibility index (Phi) is 6.96. The number of nitrogens with one attached hydrogen (secondary N) is 1. The van der Waals surface area contributed by atoms with Crippen molar-refractivity contribution in [2.24, 2.45) is 5.73 Å². The van der Waals surface area contributed by atoms with Gasteiger partial charge in [-0.1, -0.05) is 72.4 Å². The van der Waals surface area contributed by atoms with Gasteiger partial charge in [0.25, 0.3) is 5.91 Å². The minimum atomic E-state index is -0.599. The summed E-state index contributed by atoms with van der Waals surface area (Å²) in [7, 11) is 0. The SMILES string of the molecule is CCn1c(SCC(=O)Nc2ccccc2C(N)=O)nnc1-c1cc(-c2ccccc2)nc2ccccc12.